The number of nitrogens with one attached hydrogen (secondary N) is 1. The fourth-order valence-corrected chi connectivity index (χ4v) is 0.474. The highest BCUT2D eigenvalue weighted by Gasteiger charge is 1.84. The molecule has 0 aromatic heterocycles. The van der Waals surface area contributed by atoms with Crippen LogP contribution in [0.15, 0.2) is 0 Å². The van der Waals surface area contributed by atoms with Gasteiger partial charge in [0.15, 0.2) is 0 Å². The van der Waals surface area contributed by atoms with Gasteiger partial charge in [-0.05, 0) is 30.9 Å². The SMILES string of the molecule is CCCCNC(O)=S.NC(O)=S. The van der Waals surface area contributed by atoms with E-state index in [2.05, 4.69) is 42.4 Å². The first kappa shape index (κ1) is 13.9. The Bertz CT molecular complexity index is 138. The van der Waals surface area contributed by atoms with E-state index in [1.807, 2.05) is 0 Å². The van der Waals surface area contributed by atoms with Crippen LogP contribution in [0, 0.1) is 0 Å². The molecule has 0 spiro atoms. The molecule has 0 rings (SSSR count). The second-order valence-corrected chi connectivity index (χ2v) is 2.73. The van der Waals surface area contributed by atoms with Gasteiger partial charge in [0, 0.05) is 6.54 Å². The summed E-state index contributed by atoms with van der Waals surface area (Å²) in [4.78, 5) is 0. The van der Waals surface area contributed by atoms with Gasteiger partial charge in [-0.15, -0.1) is 0 Å². The average molecular weight is 210 g/mol. The van der Waals surface area contributed by atoms with E-state index >= 15 is 0 Å². The van der Waals surface area contributed by atoms with Crippen LogP contribution in [0.5, 0.6) is 0 Å². The molecule has 72 valence electrons. The zero-order valence-electron chi connectivity index (χ0n) is 6.91. The van der Waals surface area contributed by atoms with Crippen molar-refractivity contribution in [3.63, 3.8) is 0 Å². The molecule has 0 saturated carbocycles. The van der Waals surface area contributed by atoms with E-state index in [4.69, 9.17) is 10.2 Å². The standard InChI is InChI=1S/C5H11NOS.CH3NOS/c1-2-3-4-6-5(7)8;2-1(3)4/h2-4H2,1H3,(H2,6,7,8);(H3,2,3,4). The highest BCUT2D eigenvalue weighted by atomic mass is 32.1. The minimum atomic E-state index is -0.500. The van der Waals surface area contributed by atoms with E-state index in [1.165, 1.54) is 0 Å². The molecule has 5 N–H and O–H groups in total. The first-order valence-electron chi connectivity index (χ1n) is 3.45. The minimum Gasteiger partial charge on any atom is -0.487 e. The maximum atomic E-state index is 8.40. The zero-order valence-corrected chi connectivity index (χ0v) is 8.54. The third-order valence-corrected chi connectivity index (χ3v) is 0.951. The largest absolute Gasteiger partial charge is 0.487 e. The topological polar surface area (TPSA) is 78.5 Å². The van der Waals surface area contributed by atoms with Crippen LogP contribution in [-0.4, -0.2) is 27.1 Å². The van der Waals surface area contributed by atoms with Crippen molar-refractivity contribution in [3.8, 4) is 0 Å². The second kappa shape index (κ2) is 10.4. The number of aliphatic hydroxyl groups excluding tert-OH is 2. The summed E-state index contributed by atoms with van der Waals surface area (Å²) in [5, 5.41) is 18.0. The van der Waals surface area contributed by atoms with E-state index in [0.29, 0.717) is 0 Å². The molecule has 12 heavy (non-hydrogen) atoms. The number of aliphatic hydroxyl groups is 2. The van der Waals surface area contributed by atoms with Crippen LogP contribution < -0.4 is 11.1 Å². The van der Waals surface area contributed by atoms with Crippen LogP contribution in [0.2, 0.25) is 0 Å². The normalized spacial score (nSPS) is 7.75. The first-order chi connectivity index (χ1) is 5.50. The second-order valence-electron chi connectivity index (χ2n) is 1.92. The van der Waals surface area contributed by atoms with Gasteiger partial charge >= 0.3 is 0 Å². The van der Waals surface area contributed by atoms with Gasteiger partial charge in [0.25, 0.3) is 10.3 Å². The lowest BCUT2D eigenvalue weighted by molar-refractivity contribution is 0.527. The predicted molar refractivity (Wildman–Crippen MR) is 57.6 cm³/mol. The lowest BCUT2D eigenvalue weighted by atomic mass is 10.3. The lowest BCUT2D eigenvalue weighted by Gasteiger charge is -1.97. The molecule has 0 atom stereocenters. The number of unbranched alkanes of at least 4 members (excludes halogenated alkanes) is 1. The maximum Gasteiger partial charge on any atom is 0.254 e. The Balaban J connectivity index is 0. The van der Waals surface area contributed by atoms with Crippen LogP contribution >= 0.6 is 24.4 Å². The zero-order chi connectivity index (χ0) is 9.98. The Morgan fingerprint density at radius 1 is 1.42 bits per heavy atom. The summed E-state index contributed by atoms with van der Waals surface area (Å²) in [7, 11) is 0. The maximum absolute atomic E-state index is 8.40. The molecular weight excluding hydrogens is 196 g/mol. The molecule has 0 aliphatic rings. The van der Waals surface area contributed by atoms with Crippen LogP contribution in [0.3, 0.4) is 0 Å². The number of rotatable bonds is 3. The van der Waals surface area contributed by atoms with Gasteiger partial charge < -0.3 is 21.3 Å². The third-order valence-electron chi connectivity index (χ3n) is 0.807. The van der Waals surface area contributed by atoms with Gasteiger partial charge in [-0.25, -0.2) is 0 Å². The number of hydrogen-bond acceptors (Lipinski definition) is 2. The highest BCUT2D eigenvalue weighted by Crippen LogP contribution is 1.81. The minimum absolute atomic E-state index is 0.0987. The van der Waals surface area contributed by atoms with Crippen LogP contribution in [-0.2, 0) is 0 Å². The Morgan fingerprint density at radius 3 is 2.08 bits per heavy atom. The highest BCUT2D eigenvalue weighted by molar-refractivity contribution is 7.80. The first-order valence-corrected chi connectivity index (χ1v) is 4.27. The van der Waals surface area contributed by atoms with E-state index < -0.39 is 5.17 Å². The summed E-state index contributed by atoms with van der Waals surface area (Å²) in [6.07, 6.45) is 2.18. The van der Waals surface area contributed by atoms with Crippen molar-refractivity contribution in [2.75, 3.05) is 6.54 Å². The molecule has 0 aromatic carbocycles. The molecule has 0 aliphatic carbocycles. The molecule has 6 heteroatoms. The average Bonchev–Trinajstić information content (AvgIpc) is 1.86. The molecule has 0 bridgehead atoms. The van der Waals surface area contributed by atoms with Gasteiger partial charge in [0.05, 0.1) is 0 Å². The van der Waals surface area contributed by atoms with Crippen LogP contribution in [0.25, 0.3) is 0 Å². The van der Waals surface area contributed by atoms with Crippen molar-refractivity contribution < 1.29 is 10.2 Å². The van der Waals surface area contributed by atoms with Crippen molar-refractivity contribution in [3.05, 3.63) is 0 Å². The molecule has 0 heterocycles. The lowest BCUT2D eigenvalue weighted by Crippen LogP contribution is -2.21. The van der Waals surface area contributed by atoms with Crippen molar-refractivity contribution in [2.45, 2.75) is 19.8 Å². The van der Waals surface area contributed by atoms with E-state index in [-0.39, 0.29) is 5.17 Å². The Labute approximate surface area is 82.8 Å². The third kappa shape index (κ3) is 34.3. The summed E-state index contributed by atoms with van der Waals surface area (Å²) in [5.74, 6) is 0. The summed E-state index contributed by atoms with van der Waals surface area (Å²) < 4.78 is 0. The van der Waals surface area contributed by atoms with Crippen molar-refractivity contribution in [1.29, 1.82) is 0 Å². The van der Waals surface area contributed by atoms with Crippen molar-refractivity contribution in [2.24, 2.45) is 5.73 Å². The van der Waals surface area contributed by atoms with Gasteiger partial charge in [0.1, 0.15) is 0 Å². The van der Waals surface area contributed by atoms with E-state index in [0.717, 1.165) is 19.4 Å². The van der Waals surface area contributed by atoms with E-state index in [1.54, 1.807) is 0 Å². The van der Waals surface area contributed by atoms with Crippen LogP contribution in [0.1, 0.15) is 19.8 Å². The molecule has 0 saturated heterocycles. The molecule has 0 fully saturated rings. The Kier molecular flexibility index (Phi) is 12.1. The quantitative estimate of drug-likeness (QED) is 0.411. The summed E-state index contributed by atoms with van der Waals surface area (Å²) in [5.41, 5.74) is 4.40. The van der Waals surface area contributed by atoms with E-state index in [9.17, 15) is 0 Å². The molecule has 0 unspecified atom stereocenters. The summed E-state index contributed by atoms with van der Waals surface area (Å²) >= 11 is 8.22. The van der Waals surface area contributed by atoms with Gasteiger partial charge in [-0.3, -0.25) is 0 Å². The fraction of sp³-hybridized carbons (Fsp3) is 0.667. The van der Waals surface area contributed by atoms with Crippen molar-refractivity contribution >= 4 is 34.8 Å². The van der Waals surface area contributed by atoms with Crippen molar-refractivity contribution in [1.82, 2.24) is 5.32 Å². The molecule has 0 radical (unpaired) electrons. The van der Waals surface area contributed by atoms with Gasteiger partial charge in [-0.1, -0.05) is 13.3 Å². The smallest absolute Gasteiger partial charge is 0.254 e. The molecule has 4 nitrogen and oxygen atoms in total. The molecule has 0 aliphatic heterocycles. The Hall–Kier alpha value is -0.620. The van der Waals surface area contributed by atoms with Crippen LogP contribution in [0.4, 0.5) is 0 Å². The molecule has 0 amide bonds. The Morgan fingerprint density at radius 2 is 1.83 bits per heavy atom. The summed E-state index contributed by atoms with van der Waals surface area (Å²) in [6.45, 7) is 2.87. The number of thiocarbonyl (C=S) groups is 2. The molecule has 0 aromatic rings. The number of hydrogen-bond donors (Lipinski definition) is 4. The monoisotopic (exact) mass is 210 g/mol. The summed E-state index contributed by atoms with van der Waals surface area (Å²) in [6, 6.07) is 0. The molecular formula is C6H14N2O2S2. The fourth-order valence-electron chi connectivity index (χ4n) is 0.372. The van der Waals surface area contributed by atoms with Gasteiger partial charge in [-0.2, -0.15) is 0 Å². The van der Waals surface area contributed by atoms with Gasteiger partial charge in [0.2, 0.25) is 0 Å². The number of nitrogens with two attached hydrogens (primary N) is 1. The predicted octanol–water partition coefficient (Wildman–Crippen LogP) is 1.01.